The average Bonchev–Trinajstić information content (AvgIpc) is 2.72. The Hall–Kier alpha value is -1.20. The van der Waals surface area contributed by atoms with Crippen LogP contribution < -0.4 is 0 Å². The molecule has 4 heteroatoms. The van der Waals surface area contributed by atoms with Crippen molar-refractivity contribution in [1.29, 1.82) is 0 Å². The molecule has 0 aromatic heterocycles. The Bertz CT molecular complexity index is 419. The smallest absolute Gasteiger partial charge is 0.163 e. The van der Waals surface area contributed by atoms with Crippen molar-refractivity contribution in [2.24, 2.45) is 0 Å². The van der Waals surface area contributed by atoms with Gasteiger partial charge < -0.3 is 14.7 Å². The van der Waals surface area contributed by atoms with Crippen molar-refractivity contribution in [2.45, 2.75) is 38.3 Å². The van der Waals surface area contributed by atoms with Crippen LogP contribution in [0.25, 0.3) is 0 Å². The summed E-state index contributed by atoms with van der Waals surface area (Å²) in [6.45, 7) is 8.40. The fourth-order valence-electron chi connectivity index (χ4n) is 2.22. The highest BCUT2D eigenvalue weighted by atomic mass is 16.7. The molecule has 0 unspecified atom stereocenters. The van der Waals surface area contributed by atoms with Crippen molar-refractivity contribution in [2.75, 3.05) is 6.61 Å². The van der Waals surface area contributed by atoms with Crippen molar-refractivity contribution >= 4 is 0 Å². The maximum Gasteiger partial charge on any atom is 0.163 e. The molecule has 0 saturated carbocycles. The summed E-state index contributed by atoms with van der Waals surface area (Å²) < 4.78 is 11.3. The summed E-state index contributed by atoms with van der Waals surface area (Å²) in [4.78, 5) is 0. The second-order valence-electron chi connectivity index (χ2n) is 5.18. The van der Waals surface area contributed by atoms with Crippen LogP contribution in [0.3, 0.4) is 0 Å². The zero-order valence-corrected chi connectivity index (χ0v) is 11.5. The fourth-order valence-corrected chi connectivity index (χ4v) is 2.22. The van der Waals surface area contributed by atoms with Crippen LogP contribution in [0.4, 0.5) is 0 Å². The van der Waals surface area contributed by atoms with Gasteiger partial charge in [0.15, 0.2) is 5.79 Å². The van der Waals surface area contributed by atoms with E-state index in [1.54, 1.807) is 6.08 Å². The lowest BCUT2D eigenvalue weighted by atomic mass is 10.1. The molecule has 1 N–H and O–H groups in total. The van der Waals surface area contributed by atoms with E-state index in [4.69, 9.17) is 9.47 Å². The topological polar surface area (TPSA) is 41.9 Å². The predicted molar refractivity (Wildman–Crippen MR) is 72.7 cm³/mol. The Labute approximate surface area is 114 Å². The van der Waals surface area contributed by atoms with Crippen molar-refractivity contribution in [3.8, 4) is 0 Å². The summed E-state index contributed by atoms with van der Waals surface area (Å²) in [5.74, 6) is -0.598. The SMILES string of the molecule is C=C[C@H]([C@@H]1COC(C)(C)O1)N(O)Cc1ccccc1. The molecular formula is C15H21NO3. The largest absolute Gasteiger partial charge is 0.348 e. The number of nitrogens with zero attached hydrogens (tertiary/aromatic N) is 1. The number of ether oxygens (including phenoxy) is 2. The van der Waals surface area contributed by atoms with E-state index in [0.29, 0.717) is 13.2 Å². The number of hydrogen-bond donors (Lipinski definition) is 1. The van der Waals surface area contributed by atoms with Crippen LogP contribution in [0.1, 0.15) is 19.4 Å². The van der Waals surface area contributed by atoms with Crippen LogP contribution in [-0.4, -0.2) is 34.8 Å². The van der Waals surface area contributed by atoms with Gasteiger partial charge in [0.2, 0.25) is 0 Å². The number of rotatable bonds is 5. The van der Waals surface area contributed by atoms with Gasteiger partial charge in [-0.15, -0.1) is 6.58 Å². The highest BCUT2D eigenvalue weighted by Crippen LogP contribution is 2.26. The van der Waals surface area contributed by atoms with E-state index in [-0.39, 0.29) is 12.1 Å². The summed E-state index contributed by atoms with van der Waals surface area (Å²) in [6.07, 6.45) is 1.49. The van der Waals surface area contributed by atoms with E-state index >= 15 is 0 Å². The van der Waals surface area contributed by atoms with Gasteiger partial charge in [-0.05, 0) is 19.4 Å². The lowest BCUT2D eigenvalue weighted by Gasteiger charge is -2.28. The first-order valence-electron chi connectivity index (χ1n) is 6.45. The van der Waals surface area contributed by atoms with Crippen LogP contribution >= 0.6 is 0 Å². The van der Waals surface area contributed by atoms with Gasteiger partial charge in [0.25, 0.3) is 0 Å². The van der Waals surface area contributed by atoms with Crippen molar-refractivity contribution in [3.05, 3.63) is 48.6 Å². The first-order valence-corrected chi connectivity index (χ1v) is 6.45. The molecule has 0 spiro atoms. The molecular weight excluding hydrogens is 242 g/mol. The first-order chi connectivity index (χ1) is 9.02. The third-order valence-corrected chi connectivity index (χ3v) is 3.18. The summed E-state index contributed by atoms with van der Waals surface area (Å²) in [7, 11) is 0. The Kier molecular flexibility index (Phi) is 4.37. The molecule has 1 aromatic rings. The van der Waals surface area contributed by atoms with Crippen molar-refractivity contribution in [1.82, 2.24) is 5.06 Å². The molecule has 2 rings (SSSR count). The molecule has 1 heterocycles. The molecule has 1 aliphatic heterocycles. The van der Waals surface area contributed by atoms with E-state index in [1.165, 1.54) is 5.06 Å². The van der Waals surface area contributed by atoms with Crippen LogP contribution in [0.2, 0.25) is 0 Å². The lowest BCUT2D eigenvalue weighted by molar-refractivity contribution is -0.178. The van der Waals surface area contributed by atoms with Crippen LogP contribution in [0.15, 0.2) is 43.0 Å². The second kappa shape index (κ2) is 5.84. The van der Waals surface area contributed by atoms with E-state index in [9.17, 15) is 5.21 Å². The molecule has 0 radical (unpaired) electrons. The molecule has 1 saturated heterocycles. The monoisotopic (exact) mass is 263 g/mol. The van der Waals surface area contributed by atoms with E-state index in [0.717, 1.165) is 5.56 Å². The predicted octanol–water partition coefficient (Wildman–Crippen LogP) is 2.58. The molecule has 1 fully saturated rings. The molecule has 1 aliphatic rings. The maximum atomic E-state index is 10.2. The van der Waals surface area contributed by atoms with E-state index in [1.807, 2.05) is 44.2 Å². The zero-order valence-electron chi connectivity index (χ0n) is 11.5. The Morgan fingerprint density at radius 3 is 2.68 bits per heavy atom. The highest BCUT2D eigenvalue weighted by Gasteiger charge is 2.38. The third-order valence-electron chi connectivity index (χ3n) is 3.18. The molecule has 0 amide bonds. The summed E-state index contributed by atoms with van der Waals surface area (Å²) in [6, 6.07) is 9.50. The average molecular weight is 263 g/mol. The Morgan fingerprint density at radius 1 is 1.47 bits per heavy atom. The summed E-state index contributed by atoms with van der Waals surface area (Å²) in [5, 5.41) is 11.5. The first kappa shape index (κ1) is 14.2. The standard InChI is InChI=1S/C15H21NO3/c1-4-13(14-11-18-15(2,3)19-14)16(17)10-12-8-6-5-7-9-12/h4-9,13-14,17H,1,10-11H2,2-3H3/t13-,14+/m1/s1. The molecule has 4 nitrogen and oxygen atoms in total. The minimum absolute atomic E-state index is 0.207. The summed E-state index contributed by atoms with van der Waals surface area (Å²) in [5.41, 5.74) is 1.04. The van der Waals surface area contributed by atoms with Gasteiger partial charge >= 0.3 is 0 Å². The lowest BCUT2D eigenvalue weighted by Crippen LogP contribution is -2.41. The van der Waals surface area contributed by atoms with Crippen molar-refractivity contribution < 1.29 is 14.7 Å². The van der Waals surface area contributed by atoms with E-state index in [2.05, 4.69) is 6.58 Å². The minimum Gasteiger partial charge on any atom is -0.348 e. The number of hydroxylamine groups is 2. The molecule has 2 atom stereocenters. The minimum atomic E-state index is -0.598. The molecule has 19 heavy (non-hydrogen) atoms. The van der Waals surface area contributed by atoms with Crippen LogP contribution in [0.5, 0.6) is 0 Å². The number of hydrogen-bond acceptors (Lipinski definition) is 4. The molecule has 1 aromatic carbocycles. The third kappa shape index (κ3) is 3.64. The van der Waals surface area contributed by atoms with E-state index < -0.39 is 5.79 Å². The van der Waals surface area contributed by atoms with Gasteiger partial charge in [-0.25, -0.2) is 0 Å². The molecule has 104 valence electrons. The molecule has 0 aliphatic carbocycles. The number of benzene rings is 1. The van der Waals surface area contributed by atoms with Crippen LogP contribution in [-0.2, 0) is 16.0 Å². The quantitative estimate of drug-likeness (QED) is 0.655. The summed E-state index contributed by atoms with van der Waals surface area (Å²) >= 11 is 0. The van der Waals surface area contributed by atoms with Gasteiger partial charge in [-0.2, -0.15) is 5.06 Å². The van der Waals surface area contributed by atoms with Crippen LogP contribution in [0, 0.1) is 0 Å². The fraction of sp³-hybridized carbons (Fsp3) is 0.467. The maximum absolute atomic E-state index is 10.2. The van der Waals surface area contributed by atoms with Crippen molar-refractivity contribution in [3.63, 3.8) is 0 Å². The van der Waals surface area contributed by atoms with Gasteiger partial charge in [-0.1, -0.05) is 36.4 Å². The van der Waals surface area contributed by atoms with Gasteiger partial charge in [0.05, 0.1) is 12.6 Å². The Balaban J connectivity index is 2.00. The Morgan fingerprint density at radius 2 is 2.16 bits per heavy atom. The van der Waals surface area contributed by atoms with Gasteiger partial charge in [0.1, 0.15) is 6.10 Å². The molecule has 0 bridgehead atoms. The highest BCUT2D eigenvalue weighted by molar-refractivity contribution is 5.14. The second-order valence-corrected chi connectivity index (χ2v) is 5.18. The van der Waals surface area contributed by atoms with Gasteiger partial charge in [0, 0.05) is 6.54 Å². The van der Waals surface area contributed by atoms with Gasteiger partial charge in [-0.3, -0.25) is 0 Å². The normalized spacial score (nSPS) is 23.5. The zero-order chi connectivity index (χ0) is 13.9.